The van der Waals surface area contributed by atoms with E-state index in [1.54, 1.807) is 0 Å². The SMILES string of the molecule is CCNCCc1c(C)nc(C2CSCCS2)nc1C. The Morgan fingerprint density at radius 1 is 1.21 bits per heavy atom. The van der Waals surface area contributed by atoms with Crippen molar-refractivity contribution in [3.8, 4) is 0 Å². The number of thioether (sulfide) groups is 2. The molecule has 1 fully saturated rings. The average Bonchev–Trinajstić information content (AvgIpc) is 2.43. The predicted molar refractivity (Wildman–Crippen MR) is 86.3 cm³/mol. The van der Waals surface area contributed by atoms with Crippen LogP contribution in [0.3, 0.4) is 0 Å². The van der Waals surface area contributed by atoms with Crippen molar-refractivity contribution in [3.63, 3.8) is 0 Å². The minimum Gasteiger partial charge on any atom is -0.317 e. The maximum absolute atomic E-state index is 4.76. The molecule has 1 aliphatic heterocycles. The summed E-state index contributed by atoms with van der Waals surface area (Å²) in [5.74, 6) is 4.68. The van der Waals surface area contributed by atoms with E-state index in [2.05, 4.69) is 26.1 Å². The Balaban J connectivity index is 2.11. The second-order valence-corrected chi connectivity index (χ2v) is 7.23. The number of hydrogen-bond donors (Lipinski definition) is 1. The third kappa shape index (κ3) is 4.10. The molecule has 1 unspecified atom stereocenters. The van der Waals surface area contributed by atoms with E-state index in [0.29, 0.717) is 5.25 Å². The summed E-state index contributed by atoms with van der Waals surface area (Å²) in [5.41, 5.74) is 3.64. The summed E-state index contributed by atoms with van der Waals surface area (Å²) in [6.45, 7) is 8.42. The topological polar surface area (TPSA) is 37.8 Å². The minimum absolute atomic E-state index is 0.485. The molecule has 1 N–H and O–H groups in total. The molecule has 0 amide bonds. The van der Waals surface area contributed by atoms with Crippen LogP contribution in [0.25, 0.3) is 0 Å². The van der Waals surface area contributed by atoms with E-state index >= 15 is 0 Å². The van der Waals surface area contributed by atoms with Gasteiger partial charge in [0.15, 0.2) is 0 Å². The van der Waals surface area contributed by atoms with Gasteiger partial charge in [0.05, 0.1) is 5.25 Å². The average molecular weight is 297 g/mol. The van der Waals surface area contributed by atoms with E-state index in [1.807, 2.05) is 23.5 Å². The monoisotopic (exact) mass is 297 g/mol. The van der Waals surface area contributed by atoms with Gasteiger partial charge in [-0.2, -0.15) is 11.8 Å². The van der Waals surface area contributed by atoms with Gasteiger partial charge in [-0.25, -0.2) is 9.97 Å². The Labute approximate surface area is 124 Å². The van der Waals surface area contributed by atoms with Crippen LogP contribution in [0.4, 0.5) is 0 Å². The van der Waals surface area contributed by atoms with Crippen molar-refractivity contribution in [2.75, 3.05) is 30.3 Å². The van der Waals surface area contributed by atoms with E-state index in [1.165, 1.54) is 17.1 Å². The highest BCUT2D eigenvalue weighted by molar-refractivity contribution is 8.06. The lowest BCUT2D eigenvalue weighted by molar-refractivity contribution is 0.704. The van der Waals surface area contributed by atoms with Gasteiger partial charge in [-0.1, -0.05) is 6.92 Å². The van der Waals surface area contributed by atoms with Crippen LogP contribution >= 0.6 is 23.5 Å². The first kappa shape index (κ1) is 15.1. The Morgan fingerprint density at radius 3 is 2.53 bits per heavy atom. The maximum Gasteiger partial charge on any atom is 0.142 e. The number of rotatable bonds is 5. The Kier molecular flexibility index (Phi) is 5.98. The molecule has 1 aliphatic rings. The lowest BCUT2D eigenvalue weighted by Gasteiger charge is -2.21. The summed E-state index contributed by atoms with van der Waals surface area (Å²) in [7, 11) is 0. The van der Waals surface area contributed by atoms with Crippen LogP contribution in [0.5, 0.6) is 0 Å². The molecular formula is C14H23N3S2. The molecule has 0 spiro atoms. The molecule has 1 aromatic rings. The van der Waals surface area contributed by atoms with Gasteiger partial charge in [0.1, 0.15) is 5.82 Å². The molecule has 1 aromatic heterocycles. The first-order valence-electron chi connectivity index (χ1n) is 6.96. The van der Waals surface area contributed by atoms with Crippen molar-refractivity contribution in [2.45, 2.75) is 32.4 Å². The zero-order chi connectivity index (χ0) is 13.7. The molecule has 3 nitrogen and oxygen atoms in total. The maximum atomic E-state index is 4.76. The van der Waals surface area contributed by atoms with Gasteiger partial charge in [-0.15, -0.1) is 11.8 Å². The molecule has 0 bridgehead atoms. The second kappa shape index (κ2) is 7.50. The number of aryl methyl sites for hydroxylation is 2. The first-order valence-corrected chi connectivity index (χ1v) is 9.16. The third-order valence-corrected chi connectivity index (χ3v) is 6.09. The molecule has 106 valence electrons. The van der Waals surface area contributed by atoms with Crippen molar-refractivity contribution in [1.82, 2.24) is 15.3 Å². The normalized spacial score (nSPS) is 19.6. The van der Waals surface area contributed by atoms with Crippen molar-refractivity contribution in [1.29, 1.82) is 0 Å². The Morgan fingerprint density at radius 2 is 1.95 bits per heavy atom. The van der Waals surface area contributed by atoms with E-state index in [9.17, 15) is 0 Å². The molecule has 5 heteroatoms. The molecule has 19 heavy (non-hydrogen) atoms. The summed E-state index contributed by atoms with van der Waals surface area (Å²) in [4.78, 5) is 9.53. The minimum atomic E-state index is 0.485. The van der Waals surface area contributed by atoms with Gasteiger partial charge in [0, 0.05) is 28.6 Å². The molecule has 1 saturated heterocycles. The zero-order valence-electron chi connectivity index (χ0n) is 12.0. The van der Waals surface area contributed by atoms with Crippen molar-refractivity contribution >= 4 is 23.5 Å². The molecule has 2 rings (SSSR count). The largest absolute Gasteiger partial charge is 0.317 e. The van der Waals surface area contributed by atoms with Crippen LogP contribution in [-0.2, 0) is 6.42 Å². The van der Waals surface area contributed by atoms with Gasteiger partial charge in [-0.3, -0.25) is 0 Å². The number of likely N-dealkylation sites (N-methyl/N-ethyl adjacent to an activating group) is 1. The predicted octanol–water partition coefficient (Wildman–Crippen LogP) is 2.77. The van der Waals surface area contributed by atoms with Gasteiger partial charge in [-0.05, 0) is 38.9 Å². The van der Waals surface area contributed by atoms with Gasteiger partial charge in [0.25, 0.3) is 0 Å². The summed E-state index contributed by atoms with van der Waals surface area (Å²) in [5, 5.41) is 3.85. The highest BCUT2D eigenvalue weighted by atomic mass is 32.2. The molecule has 0 saturated carbocycles. The van der Waals surface area contributed by atoms with E-state index in [0.717, 1.165) is 42.5 Å². The fourth-order valence-electron chi connectivity index (χ4n) is 2.30. The lowest BCUT2D eigenvalue weighted by Crippen LogP contribution is -2.19. The van der Waals surface area contributed by atoms with Gasteiger partial charge >= 0.3 is 0 Å². The molecule has 0 aromatic carbocycles. The van der Waals surface area contributed by atoms with Crippen LogP contribution < -0.4 is 5.32 Å². The third-order valence-electron chi connectivity index (χ3n) is 3.34. The zero-order valence-corrected chi connectivity index (χ0v) is 13.7. The summed E-state index contributed by atoms with van der Waals surface area (Å²) in [6, 6.07) is 0. The van der Waals surface area contributed by atoms with Crippen LogP contribution in [0.15, 0.2) is 0 Å². The Hall–Kier alpha value is -0.260. The standard InChI is InChI=1S/C14H23N3S2/c1-4-15-6-5-12-10(2)16-14(17-11(12)3)13-9-18-7-8-19-13/h13,15H,4-9H2,1-3H3. The van der Waals surface area contributed by atoms with Crippen molar-refractivity contribution < 1.29 is 0 Å². The molecule has 2 heterocycles. The van der Waals surface area contributed by atoms with Gasteiger partial charge < -0.3 is 5.32 Å². The highest BCUT2D eigenvalue weighted by Gasteiger charge is 2.20. The number of nitrogens with zero attached hydrogens (tertiary/aromatic N) is 2. The van der Waals surface area contributed by atoms with Crippen LogP contribution in [0.2, 0.25) is 0 Å². The first-order chi connectivity index (χ1) is 9.22. The van der Waals surface area contributed by atoms with E-state index in [4.69, 9.17) is 9.97 Å². The summed E-state index contributed by atoms with van der Waals surface area (Å²) < 4.78 is 0. The summed E-state index contributed by atoms with van der Waals surface area (Å²) in [6.07, 6.45) is 1.03. The van der Waals surface area contributed by atoms with Crippen molar-refractivity contribution in [2.24, 2.45) is 0 Å². The summed E-state index contributed by atoms with van der Waals surface area (Å²) >= 11 is 4.02. The van der Waals surface area contributed by atoms with Crippen LogP contribution in [-0.4, -0.2) is 40.3 Å². The molecule has 1 atom stereocenters. The van der Waals surface area contributed by atoms with Crippen LogP contribution in [0.1, 0.15) is 34.9 Å². The highest BCUT2D eigenvalue weighted by Crippen LogP contribution is 2.35. The smallest absolute Gasteiger partial charge is 0.142 e. The van der Waals surface area contributed by atoms with Gasteiger partial charge in [0.2, 0.25) is 0 Å². The number of aromatic nitrogens is 2. The molecular weight excluding hydrogens is 274 g/mol. The van der Waals surface area contributed by atoms with E-state index in [-0.39, 0.29) is 0 Å². The van der Waals surface area contributed by atoms with Crippen molar-refractivity contribution in [3.05, 3.63) is 22.8 Å². The fourth-order valence-corrected chi connectivity index (χ4v) is 4.90. The lowest BCUT2D eigenvalue weighted by atomic mass is 10.1. The second-order valence-electron chi connectivity index (χ2n) is 4.77. The number of hydrogen-bond acceptors (Lipinski definition) is 5. The molecule has 0 aliphatic carbocycles. The van der Waals surface area contributed by atoms with E-state index < -0.39 is 0 Å². The Bertz CT molecular complexity index is 394. The quantitative estimate of drug-likeness (QED) is 0.846. The van der Waals surface area contributed by atoms with Crippen LogP contribution in [0, 0.1) is 13.8 Å². The molecule has 0 radical (unpaired) electrons. The number of nitrogens with one attached hydrogen (secondary N) is 1. The fraction of sp³-hybridized carbons (Fsp3) is 0.714.